The second-order valence-electron chi connectivity index (χ2n) is 8.91. The number of alkyl halides is 3. The lowest BCUT2D eigenvalue weighted by Gasteiger charge is -2.32. The fourth-order valence-electron chi connectivity index (χ4n) is 4.91. The number of pyridine rings is 1. The number of ether oxygens (including phenoxy) is 1. The predicted molar refractivity (Wildman–Crippen MR) is 116 cm³/mol. The summed E-state index contributed by atoms with van der Waals surface area (Å²) in [6.07, 6.45) is 0.101. The molecule has 8 nitrogen and oxygen atoms in total. The molecule has 2 fully saturated rings. The number of aryl methyl sites for hydroxylation is 1. The lowest BCUT2D eigenvalue weighted by molar-refractivity contribution is -0.189. The van der Waals surface area contributed by atoms with E-state index in [1.165, 1.54) is 10.6 Å². The maximum Gasteiger partial charge on any atom is 0.425 e. The van der Waals surface area contributed by atoms with Crippen LogP contribution in [0.1, 0.15) is 31.9 Å². The number of nitrogens with one attached hydrogen (secondary N) is 1. The van der Waals surface area contributed by atoms with Crippen LogP contribution in [0.25, 0.3) is 5.65 Å². The summed E-state index contributed by atoms with van der Waals surface area (Å²) in [5, 5.41) is 7.89. The molecule has 1 aliphatic heterocycles. The summed E-state index contributed by atoms with van der Waals surface area (Å²) in [6.45, 7) is 4.77. The molecular formula is C22H26F3N7O. The van der Waals surface area contributed by atoms with Gasteiger partial charge >= 0.3 is 6.18 Å². The van der Waals surface area contributed by atoms with Crippen molar-refractivity contribution in [3.63, 3.8) is 0 Å². The maximum absolute atomic E-state index is 13.0. The van der Waals surface area contributed by atoms with Crippen molar-refractivity contribution < 1.29 is 17.9 Å². The summed E-state index contributed by atoms with van der Waals surface area (Å²) >= 11 is 0. The molecule has 0 bridgehead atoms. The highest BCUT2D eigenvalue weighted by Crippen LogP contribution is 2.39. The number of anilines is 2. The summed E-state index contributed by atoms with van der Waals surface area (Å²) < 4.78 is 45.5. The molecule has 4 atom stereocenters. The van der Waals surface area contributed by atoms with Crippen LogP contribution in [0.3, 0.4) is 0 Å². The van der Waals surface area contributed by atoms with Crippen LogP contribution in [0.2, 0.25) is 0 Å². The molecular weight excluding hydrogens is 435 g/mol. The second-order valence-corrected chi connectivity index (χ2v) is 8.91. The first kappa shape index (κ1) is 21.7. The lowest BCUT2D eigenvalue weighted by Crippen LogP contribution is -2.37. The van der Waals surface area contributed by atoms with Crippen LogP contribution in [-0.2, 0) is 0 Å². The number of halogens is 3. The van der Waals surface area contributed by atoms with Gasteiger partial charge in [0, 0.05) is 43.0 Å². The average molecular weight is 461 g/mol. The van der Waals surface area contributed by atoms with Crippen molar-refractivity contribution >= 4 is 17.4 Å². The second kappa shape index (κ2) is 8.35. The molecule has 176 valence electrons. The Morgan fingerprint density at radius 1 is 1.21 bits per heavy atom. The van der Waals surface area contributed by atoms with Crippen molar-refractivity contribution in [3.8, 4) is 5.75 Å². The van der Waals surface area contributed by atoms with Crippen molar-refractivity contribution in [1.82, 2.24) is 24.6 Å². The highest BCUT2D eigenvalue weighted by molar-refractivity contribution is 5.56. The van der Waals surface area contributed by atoms with Crippen LogP contribution in [0.5, 0.6) is 5.75 Å². The van der Waals surface area contributed by atoms with Gasteiger partial charge in [-0.25, -0.2) is 14.5 Å². The van der Waals surface area contributed by atoms with Gasteiger partial charge in [-0.05, 0) is 44.7 Å². The van der Waals surface area contributed by atoms with E-state index >= 15 is 0 Å². The molecule has 3 aromatic rings. The van der Waals surface area contributed by atoms with Crippen molar-refractivity contribution in [2.45, 2.75) is 51.4 Å². The van der Waals surface area contributed by atoms with Crippen LogP contribution >= 0.6 is 0 Å². The number of hydrogen-bond donors (Lipinski definition) is 1. The lowest BCUT2D eigenvalue weighted by atomic mass is 9.78. The van der Waals surface area contributed by atoms with E-state index in [1.807, 2.05) is 13.0 Å². The van der Waals surface area contributed by atoms with Gasteiger partial charge in [-0.1, -0.05) is 6.42 Å². The fourth-order valence-corrected chi connectivity index (χ4v) is 4.91. The Hall–Kier alpha value is -3.11. The molecule has 1 saturated carbocycles. The normalized spacial score (nSPS) is 24.0. The van der Waals surface area contributed by atoms with E-state index in [1.54, 1.807) is 18.6 Å². The summed E-state index contributed by atoms with van der Waals surface area (Å²) in [5.74, 6) is 2.34. The Bertz CT molecular complexity index is 1130. The molecule has 1 aliphatic carbocycles. The molecule has 0 aromatic carbocycles. The summed E-state index contributed by atoms with van der Waals surface area (Å²) in [7, 11) is 0. The molecule has 2 unspecified atom stereocenters. The van der Waals surface area contributed by atoms with Gasteiger partial charge in [0.25, 0.3) is 0 Å². The van der Waals surface area contributed by atoms with E-state index in [0.29, 0.717) is 17.8 Å². The summed E-state index contributed by atoms with van der Waals surface area (Å²) in [5.41, 5.74) is 1.20. The van der Waals surface area contributed by atoms with Gasteiger partial charge in [0.05, 0.1) is 0 Å². The molecule has 1 N–H and O–H groups in total. The first-order valence-corrected chi connectivity index (χ1v) is 11.2. The Morgan fingerprint density at radius 2 is 2.06 bits per heavy atom. The highest BCUT2D eigenvalue weighted by Gasteiger charge is 2.41. The zero-order valence-corrected chi connectivity index (χ0v) is 18.5. The van der Waals surface area contributed by atoms with Gasteiger partial charge in [0.2, 0.25) is 5.95 Å². The van der Waals surface area contributed by atoms with E-state index in [9.17, 15) is 13.2 Å². The smallest absolute Gasteiger partial charge is 0.425 e. The predicted octanol–water partition coefficient (Wildman–Crippen LogP) is 3.87. The Balaban J connectivity index is 1.33. The summed E-state index contributed by atoms with van der Waals surface area (Å²) in [4.78, 5) is 15.4. The molecule has 0 spiro atoms. The van der Waals surface area contributed by atoms with Crippen LogP contribution in [0.4, 0.5) is 24.9 Å². The minimum atomic E-state index is -4.46. The largest absolute Gasteiger partial charge is 0.477 e. The third-order valence-electron chi connectivity index (χ3n) is 6.62. The minimum Gasteiger partial charge on any atom is -0.477 e. The minimum absolute atomic E-state index is 0.0515. The van der Waals surface area contributed by atoms with Crippen molar-refractivity contribution in [2.75, 3.05) is 23.3 Å². The van der Waals surface area contributed by atoms with E-state index in [0.717, 1.165) is 50.8 Å². The van der Waals surface area contributed by atoms with Crippen molar-refractivity contribution in [3.05, 3.63) is 36.4 Å². The van der Waals surface area contributed by atoms with E-state index in [4.69, 9.17) is 4.74 Å². The molecule has 33 heavy (non-hydrogen) atoms. The zero-order chi connectivity index (χ0) is 23.2. The monoisotopic (exact) mass is 461 g/mol. The molecule has 0 amide bonds. The maximum atomic E-state index is 13.0. The van der Waals surface area contributed by atoms with E-state index in [2.05, 4.69) is 30.3 Å². The van der Waals surface area contributed by atoms with Crippen molar-refractivity contribution in [2.24, 2.45) is 11.8 Å². The summed E-state index contributed by atoms with van der Waals surface area (Å²) in [6, 6.07) is 5.25. The molecule has 11 heteroatoms. The molecule has 4 heterocycles. The topological polar surface area (TPSA) is 80.5 Å². The van der Waals surface area contributed by atoms with E-state index in [-0.39, 0.29) is 17.4 Å². The van der Waals surface area contributed by atoms with Crippen LogP contribution < -0.4 is 15.0 Å². The van der Waals surface area contributed by atoms with Gasteiger partial charge in [-0.3, -0.25) is 0 Å². The standard InChI is InChI=1S/C22H26F3N7O/c1-13-9-19(27-12-26-13)31-10-15-5-3-6-17(16(15)11-31)28-21-29-20-18(7-4-8-32(20)30-21)33-14(2)22(23,24)25/h4,7-9,12,14-17H,3,5-6,10-11H2,1-2H3,(H,28,30)/t14?,15?,16-,17-/m1/s1. The number of hydrogen-bond acceptors (Lipinski definition) is 7. The van der Waals surface area contributed by atoms with Crippen LogP contribution in [0, 0.1) is 18.8 Å². The Labute approximate surface area is 189 Å². The zero-order valence-electron chi connectivity index (χ0n) is 18.5. The molecule has 1 saturated heterocycles. The molecule has 5 rings (SSSR count). The third-order valence-corrected chi connectivity index (χ3v) is 6.62. The SMILES string of the molecule is Cc1cc(N2CC3CCC[C@@H](Nc4nc5c(OC(C)C(F)(F)F)cccn5n4)[C@@H]3C2)ncn1. The van der Waals surface area contributed by atoms with Gasteiger partial charge in [0.1, 0.15) is 12.1 Å². The molecule has 0 radical (unpaired) electrons. The van der Waals surface area contributed by atoms with E-state index < -0.39 is 12.3 Å². The van der Waals surface area contributed by atoms with Crippen LogP contribution in [-0.4, -0.2) is 56.0 Å². The van der Waals surface area contributed by atoms with Gasteiger partial charge in [0.15, 0.2) is 17.5 Å². The fraction of sp³-hybridized carbons (Fsp3) is 0.545. The first-order chi connectivity index (χ1) is 15.8. The number of nitrogens with zero attached hydrogens (tertiary/aromatic N) is 6. The van der Waals surface area contributed by atoms with Crippen LogP contribution in [0.15, 0.2) is 30.7 Å². The van der Waals surface area contributed by atoms with Gasteiger partial charge in [-0.15, -0.1) is 5.10 Å². The third kappa shape index (κ3) is 4.40. The highest BCUT2D eigenvalue weighted by atomic mass is 19.4. The Kier molecular flexibility index (Phi) is 5.49. The number of fused-ring (bicyclic) bond motifs is 2. The number of rotatable bonds is 5. The average Bonchev–Trinajstić information content (AvgIpc) is 3.38. The van der Waals surface area contributed by atoms with Gasteiger partial charge in [-0.2, -0.15) is 18.2 Å². The number of aromatic nitrogens is 5. The molecule has 3 aromatic heterocycles. The first-order valence-electron chi connectivity index (χ1n) is 11.2. The van der Waals surface area contributed by atoms with Gasteiger partial charge < -0.3 is 15.0 Å². The van der Waals surface area contributed by atoms with Crippen molar-refractivity contribution in [1.29, 1.82) is 0 Å². The molecule has 2 aliphatic rings. The Morgan fingerprint density at radius 3 is 2.85 bits per heavy atom. The quantitative estimate of drug-likeness (QED) is 0.618.